The van der Waals surface area contributed by atoms with Crippen LogP contribution in [0.4, 0.5) is 0 Å². The van der Waals surface area contributed by atoms with E-state index < -0.39 is 0 Å². The average Bonchev–Trinajstić information content (AvgIpc) is 3.33. The molecule has 1 saturated heterocycles. The van der Waals surface area contributed by atoms with E-state index in [4.69, 9.17) is 0 Å². The van der Waals surface area contributed by atoms with E-state index in [1.807, 2.05) is 24.3 Å². The number of carbonyl (C=O) groups is 1. The summed E-state index contributed by atoms with van der Waals surface area (Å²) in [6.07, 6.45) is 3.06. The van der Waals surface area contributed by atoms with Gasteiger partial charge in [0, 0.05) is 38.9 Å². The molecule has 0 bridgehead atoms. The van der Waals surface area contributed by atoms with Crippen molar-refractivity contribution in [1.29, 1.82) is 0 Å². The second-order valence-corrected chi connectivity index (χ2v) is 8.20. The Bertz CT molecular complexity index is 908. The third kappa shape index (κ3) is 4.24. The number of fused-ring (bicyclic) bond motifs is 1. The topological polar surface area (TPSA) is 40.5 Å². The molecule has 0 atom stereocenters. The number of rotatable bonds is 6. The maximum absolute atomic E-state index is 12.5. The highest BCUT2D eigenvalue weighted by Crippen LogP contribution is 2.26. The van der Waals surface area contributed by atoms with Gasteiger partial charge in [-0.05, 0) is 49.7 Å². The van der Waals surface area contributed by atoms with Gasteiger partial charge in [0.1, 0.15) is 5.00 Å². The molecule has 1 aliphatic heterocycles. The standard InChI is InChI=1S/C21H26N4OS/c1-23-13-15-24(16-14-23)11-4-10-22-21(26)19-7-8-20(27-19)25-12-9-17-5-2-3-6-18(17)25/h2-3,5-9,12H,4,10-11,13-16H2,1H3,(H,22,26). The molecular weight excluding hydrogens is 356 g/mol. The van der Waals surface area contributed by atoms with Crippen molar-refractivity contribution in [2.75, 3.05) is 46.3 Å². The molecule has 6 heteroatoms. The molecule has 0 spiro atoms. The largest absolute Gasteiger partial charge is 0.351 e. The van der Waals surface area contributed by atoms with Crippen molar-refractivity contribution in [2.24, 2.45) is 0 Å². The van der Waals surface area contributed by atoms with Gasteiger partial charge in [-0.1, -0.05) is 18.2 Å². The van der Waals surface area contributed by atoms with Gasteiger partial charge in [-0.2, -0.15) is 0 Å². The fourth-order valence-corrected chi connectivity index (χ4v) is 4.44. The third-order valence-electron chi connectivity index (χ3n) is 5.19. The zero-order chi connectivity index (χ0) is 18.6. The highest BCUT2D eigenvalue weighted by molar-refractivity contribution is 7.16. The van der Waals surface area contributed by atoms with Crippen LogP contribution in [-0.2, 0) is 0 Å². The molecule has 27 heavy (non-hydrogen) atoms. The number of hydrogen-bond acceptors (Lipinski definition) is 4. The van der Waals surface area contributed by atoms with Crippen molar-refractivity contribution in [3.8, 4) is 5.00 Å². The summed E-state index contributed by atoms with van der Waals surface area (Å²) >= 11 is 1.53. The first-order chi connectivity index (χ1) is 13.2. The van der Waals surface area contributed by atoms with Crippen LogP contribution in [0.3, 0.4) is 0 Å². The Balaban J connectivity index is 1.30. The van der Waals surface area contributed by atoms with E-state index in [0.29, 0.717) is 0 Å². The maximum Gasteiger partial charge on any atom is 0.261 e. The van der Waals surface area contributed by atoms with Gasteiger partial charge in [0.2, 0.25) is 0 Å². The summed E-state index contributed by atoms with van der Waals surface area (Å²) in [6, 6.07) is 14.3. The zero-order valence-corrected chi connectivity index (χ0v) is 16.5. The minimum Gasteiger partial charge on any atom is -0.351 e. The van der Waals surface area contributed by atoms with Crippen LogP contribution in [0.1, 0.15) is 16.1 Å². The molecule has 0 unspecified atom stereocenters. The Morgan fingerprint density at radius 3 is 2.74 bits per heavy atom. The van der Waals surface area contributed by atoms with Gasteiger partial charge in [-0.3, -0.25) is 4.79 Å². The van der Waals surface area contributed by atoms with E-state index in [2.05, 4.69) is 51.1 Å². The Kier molecular flexibility index (Phi) is 5.57. The molecule has 3 heterocycles. The van der Waals surface area contributed by atoms with Gasteiger partial charge in [0.15, 0.2) is 0 Å². The van der Waals surface area contributed by atoms with Gasteiger partial charge in [-0.15, -0.1) is 11.3 Å². The number of benzene rings is 1. The van der Waals surface area contributed by atoms with Crippen LogP contribution in [-0.4, -0.2) is 66.6 Å². The highest BCUT2D eigenvalue weighted by Gasteiger charge is 2.14. The smallest absolute Gasteiger partial charge is 0.261 e. The fourth-order valence-electron chi connectivity index (χ4n) is 3.52. The molecule has 0 radical (unpaired) electrons. The van der Waals surface area contributed by atoms with Crippen LogP contribution in [0, 0.1) is 0 Å². The molecule has 1 fully saturated rings. The summed E-state index contributed by atoms with van der Waals surface area (Å²) < 4.78 is 2.14. The van der Waals surface area contributed by atoms with E-state index in [1.54, 1.807) is 0 Å². The van der Waals surface area contributed by atoms with Crippen molar-refractivity contribution in [1.82, 2.24) is 19.7 Å². The average molecular weight is 383 g/mol. The Hall–Kier alpha value is -2.15. The lowest BCUT2D eigenvalue weighted by atomic mass is 10.2. The second-order valence-electron chi connectivity index (χ2n) is 7.14. The maximum atomic E-state index is 12.5. The predicted octanol–water partition coefficient (Wildman–Crippen LogP) is 3.06. The Morgan fingerprint density at radius 1 is 1.07 bits per heavy atom. The predicted molar refractivity (Wildman–Crippen MR) is 112 cm³/mol. The first-order valence-electron chi connectivity index (χ1n) is 9.56. The van der Waals surface area contributed by atoms with Crippen LogP contribution >= 0.6 is 11.3 Å². The highest BCUT2D eigenvalue weighted by atomic mass is 32.1. The van der Waals surface area contributed by atoms with Crippen molar-refractivity contribution < 1.29 is 4.79 Å². The lowest BCUT2D eigenvalue weighted by molar-refractivity contribution is 0.0953. The van der Waals surface area contributed by atoms with E-state index in [-0.39, 0.29) is 5.91 Å². The number of piperazine rings is 1. The van der Waals surface area contributed by atoms with E-state index in [1.165, 1.54) is 22.2 Å². The molecule has 0 saturated carbocycles. The molecule has 2 aromatic heterocycles. The molecule has 1 amide bonds. The lowest BCUT2D eigenvalue weighted by Gasteiger charge is -2.32. The van der Waals surface area contributed by atoms with Gasteiger partial charge in [-0.25, -0.2) is 0 Å². The number of nitrogens with zero attached hydrogens (tertiary/aromatic N) is 3. The van der Waals surface area contributed by atoms with Crippen molar-refractivity contribution in [3.63, 3.8) is 0 Å². The minimum absolute atomic E-state index is 0.0288. The number of carbonyl (C=O) groups excluding carboxylic acids is 1. The molecule has 3 aromatic rings. The number of amides is 1. The molecule has 142 valence electrons. The molecule has 5 nitrogen and oxygen atoms in total. The normalized spacial score (nSPS) is 16.0. The molecule has 1 N–H and O–H groups in total. The number of aromatic nitrogens is 1. The summed E-state index contributed by atoms with van der Waals surface area (Å²) in [5.41, 5.74) is 1.17. The van der Waals surface area contributed by atoms with Crippen molar-refractivity contribution in [2.45, 2.75) is 6.42 Å². The van der Waals surface area contributed by atoms with Gasteiger partial charge < -0.3 is 19.7 Å². The molecule has 4 rings (SSSR count). The number of likely N-dealkylation sites (N-methyl/N-ethyl adjacent to an activating group) is 1. The van der Waals surface area contributed by atoms with E-state index >= 15 is 0 Å². The van der Waals surface area contributed by atoms with Crippen LogP contribution in [0.15, 0.2) is 48.7 Å². The summed E-state index contributed by atoms with van der Waals surface area (Å²) in [4.78, 5) is 18.1. The SMILES string of the molecule is CN1CCN(CCCNC(=O)c2ccc(-n3ccc4ccccc43)s2)CC1. The Morgan fingerprint density at radius 2 is 1.89 bits per heavy atom. The van der Waals surface area contributed by atoms with Gasteiger partial charge in [0.25, 0.3) is 5.91 Å². The van der Waals surface area contributed by atoms with Gasteiger partial charge >= 0.3 is 0 Å². The first-order valence-corrected chi connectivity index (χ1v) is 10.4. The monoisotopic (exact) mass is 382 g/mol. The number of nitrogens with one attached hydrogen (secondary N) is 1. The number of thiophene rings is 1. The van der Waals surface area contributed by atoms with Gasteiger partial charge in [0.05, 0.1) is 10.4 Å². The number of hydrogen-bond donors (Lipinski definition) is 1. The fraction of sp³-hybridized carbons (Fsp3) is 0.381. The van der Waals surface area contributed by atoms with Crippen molar-refractivity contribution in [3.05, 3.63) is 53.5 Å². The summed E-state index contributed by atoms with van der Waals surface area (Å²) in [5, 5.41) is 5.35. The molecule has 1 aliphatic rings. The third-order valence-corrected chi connectivity index (χ3v) is 6.27. The molecule has 1 aromatic carbocycles. The van der Waals surface area contributed by atoms with Crippen LogP contribution in [0.25, 0.3) is 15.9 Å². The number of para-hydroxylation sites is 1. The van der Waals surface area contributed by atoms with E-state index in [0.717, 1.165) is 55.6 Å². The quantitative estimate of drug-likeness (QED) is 0.666. The molecule has 0 aliphatic carbocycles. The first kappa shape index (κ1) is 18.2. The van der Waals surface area contributed by atoms with Crippen LogP contribution in [0.5, 0.6) is 0 Å². The Labute approximate surface area is 164 Å². The zero-order valence-electron chi connectivity index (χ0n) is 15.7. The van der Waals surface area contributed by atoms with E-state index in [9.17, 15) is 4.79 Å². The summed E-state index contributed by atoms with van der Waals surface area (Å²) in [5.74, 6) is 0.0288. The second kappa shape index (κ2) is 8.25. The van der Waals surface area contributed by atoms with Crippen LogP contribution in [0.2, 0.25) is 0 Å². The summed E-state index contributed by atoms with van der Waals surface area (Å²) in [7, 11) is 2.17. The summed E-state index contributed by atoms with van der Waals surface area (Å²) in [6.45, 7) is 6.31. The molecular formula is C21H26N4OS. The lowest BCUT2D eigenvalue weighted by Crippen LogP contribution is -2.45. The van der Waals surface area contributed by atoms with Crippen LogP contribution < -0.4 is 5.32 Å². The van der Waals surface area contributed by atoms with Crippen molar-refractivity contribution >= 4 is 28.1 Å². The minimum atomic E-state index is 0.0288.